The highest BCUT2D eigenvalue weighted by Crippen LogP contribution is 2.31. The first kappa shape index (κ1) is 17.6. The number of nitrogens with one attached hydrogen (secondary N) is 1. The molecule has 1 aliphatic heterocycles. The molecule has 0 fully saturated rings. The molecule has 0 radical (unpaired) electrons. The molecule has 2 aromatic carbocycles. The average Bonchev–Trinajstić information content (AvgIpc) is 2.60. The number of hydrogen-bond donors (Lipinski definition) is 1. The van der Waals surface area contributed by atoms with Gasteiger partial charge in [-0.05, 0) is 50.3 Å². The van der Waals surface area contributed by atoms with Crippen molar-refractivity contribution in [1.82, 2.24) is 5.32 Å². The molecule has 1 heterocycles. The van der Waals surface area contributed by atoms with Crippen LogP contribution in [-0.4, -0.2) is 24.7 Å². The quantitative estimate of drug-likeness (QED) is 0.497. The number of fused-ring (bicyclic) bond motifs is 1. The van der Waals surface area contributed by atoms with Crippen molar-refractivity contribution in [2.24, 2.45) is 0 Å². The molecule has 0 bridgehead atoms. The van der Waals surface area contributed by atoms with Crippen LogP contribution in [0.5, 0.6) is 5.75 Å². The van der Waals surface area contributed by atoms with Gasteiger partial charge in [0, 0.05) is 27.8 Å². The van der Waals surface area contributed by atoms with E-state index in [1.54, 1.807) is 24.9 Å². The fraction of sp³-hybridized carbons (Fsp3) is 0.286. The van der Waals surface area contributed by atoms with Crippen LogP contribution in [-0.2, 0) is 6.42 Å². The maximum atomic E-state index is 12.9. The number of allylic oxidation sites excluding steroid dienone is 1. The summed E-state index contributed by atoms with van der Waals surface area (Å²) in [6.07, 6.45) is 4.63. The number of ketones is 1. The molecule has 0 amide bonds. The van der Waals surface area contributed by atoms with E-state index in [9.17, 15) is 4.79 Å². The van der Waals surface area contributed by atoms with Gasteiger partial charge in [0.15, 0.2) is 5.78 Å². The lowest BCUT2D eigenvalue weighted by molar-refractivity contribution is 0.104. The van der Waals surface area contributed by atoms with Gasteiger partial charge in [0.25, 0.3) is 0 Å². The minimum Gasteiger partial charge on any atom is -0.496 e. The van der Waals surface area contributed by atoms with Crippen molar-refractivity contribution in [3.8, 4) is 5.75 Å². The molecule has 0 atom stereocenters. The summed E-state index contributed by atoms with van der Waals surface area (Å²) in [5, 5.41) is 3.50. The second-order valence-corrected chi connectivity index (χ2v) is 7.71. The van der Waals surface area contributed by atoms with Crippen LogP contribution < -0.4 is 10.1 Å². The highest BCUT2D eigenvalue weighted by atomic mass is 32.2. The number of thioether (sulfide) groups is 1. The molecule has 0 saturated heterocycles. The minimum atomic E-state index is -0.0900. The number of hydrogen-bond acceptors (Lipinski definition) is 4. The molecule has 0 aromatic heterocycles. The first-order valence-corrected chi connectivity index (χ1v) is 9.50. The van der Waals surface area contributed by atoms with Gasteiger partial charge in [0.05, 0.1) is 12.7 Å². The third-order valence-electron chi connectivity index (χ3n) is 4.36. The van der Waals surface area contributed by atoms with Gasteiger partial charge in [-0.15, -0.1) is 11.8 Å². The summed E-state index contributed by atoms with van der Waals surface area (Å²) in [4.78, 5) is 14.0. The Balaban J connectivity index is 2.02. The maximum Gasteiger partial charge on any atom is 0.191 e. The van der Waals surface area contributed by atoms with Crippen LogP contribution >= 0.6 is 11.8 Å². The smallest absolute Gasteiger partial charge is 0.191 e. The highest BCUT2D eigenvalue weighted by Gasteiger charge is 2.27. The normalized spacial score (nSPS) is 16.9. The first-order valence-electron chi connectivity index (χ1n) is 8.28. The standard InChI is InChI=1S/C21H23NO2S/c1-21(2)13-14-7-5-6-8-16(14)18(22-21)12-19(23)17-10-9-15(25-4)11-20(17)24-3/h5-12,22H,13H2,1-4H3/b18-12-. The van der Waals surface area contributed by atoms with E-state index < -0.39 is 0 Å². The van der Waals surface area contributed by atoms with Crippen LogP contribution in [0.2, 0.25) is 0 Å². The maximum absolute atomic E-state index is 12.9. The molecule has 0 unspecified atom stereocenters. The molecular formula is C21H23NO2S. The van der Waals surface area contributed by atoms with Gasteiger partial charge in [-0.25, -0.2) is 0 Å². The monoisotopic (exact) mass is 353 g/mol. The lowest BCUT2D eigenvalue weighted by Crippen LogP contribution is -2.43. The zero-order valence-corrected chi connectivity index (χ0v) is 15.9. The SMILES string of the molecule is COc1cc(SC)ccc1C(=O)/C=C1\NC(C)(C)Cc2ccccc21. The van der Waals surface area contributed by atoms with Gasteiger partial charge < -0.3 is 10.1 Å². The number of rotatable bonds is 4. The highest BCUT2D eigenvalue weighted by molar-refractivity contribution is 7.98. The first-order chi connectivity index (χ1) is 11.9. The van der Waals surface area contributed by atoms with Crippen molar-refractivity contribution < 1.29 is 9.53 Å². The molecular weight excluding hydrogens is 330 g/mol. The molecule has 3 nitrogen and oxygen atoms in total. The van der Waals surface area contributed by atoms with Crippen molar-refractivity contribution >= 4 is 23.2 Å². The van der Waals surface area contributed by atoms with Crippen molar-refractivity contribution in [3.05, 3.63) is 65.2 Å². The topological polar surface area (TPSA) is 38.3 Å². The number of ether oxygens (including phenoxy) is 1. The summed E-state index contributed by atoms with van der Waals surface area (Å²) >= 11 is 1.63. The molecule has 0 spiro atoms. The zero-order valence-electron chi connectivity index (χ0n) is 15.1. The summed E-state index contributed by atoms with van der Waals surface area (Å²) in [6.45, 7) is 4.30. The van der Waals surface area contributed by atoms with E-state index in [0.29, 0.717) is 11.3 Å². The van der Waals surface area contributed by atoms with Crippen LogP contribution in [0.15, 0.2) is 53.4 Å². The molecule has 1 N–H and O–H groups in total. The van der Waals surface area contributed by atoms with Gasteiger partial charge in [0.2, 0.25) is 0 Å². The van der Waals surface area contributed by atoms with Gasteiger partial charge in [-0.2, -0.15) is 0 Å². The summed E-state index contributed by atoms with van der Waals surface area (Å²) in [7, 11) is 1.60. The Bertz CT molecular complexity index is 840. The van der Waals surface area contributed by atoms with Crippen LogP contribution in [0, 0.1) is 0 Å². The van der Waals surface area contributed by atoms with E-state index in [2.05, 4.69) is 31.3 Å². The molecule has 0 aliphatic carbocycles. The number of carbonyl (C=O) groups excluding carboxylic acids is 1. The van der Waals surface area contributed by atoms with E-state index in [1.807, 2.05) is 36.6 Å². The Hall–Kier alpha value is -2.20. The zero-order chi connectivity index (χ0) is 18.0. The summed E-state index contributed by atoms with van der Waals surface area (Å²) < 4.78 is 5.42. The lowest BCUT2D eigenvalue weighted by Gasteiger charge is -2.35. The second-order valence-electron chi connectivity index (χ2n) is 6.83. The van der Waals surface area contributed by atoms with Gasteiger partial charge in [0.1, 0.15) is 5.75 Å². The van der Waals surface area contributed by atoms with Crippen LogP contribution in [0.4, 0.5) is 0 Å². The third-order valence-corrected chi connectivity index (χ3v) is 5.09. The van der Waals surface area contributed by atoms with Crippen LogP contribution in [0.1, 0.15) is 35.3 Å². The van der Waals surface area contributed by atoms with Crippen molar-refractivity contribution in [3.63, 3.8) is 0 Å². The van der Waals surface area contributed by atoms with E-state index in [-0.39, 0.29) is 11.3 Å². The molecule has 3 rings (SSSR count). The summed E-state index contributed by atoms with van der Waals surface area (Å²) in [5.74, 6) is 0.552. The third kappa shape index (κ3) is 3.74. The molecule has 0 saturated carbocycles. The predicted octanol–water partition coefficient (Wildman–Crippen LogP) is 4.57. The van der Waals surface area contributed by atoms with Crippen LogP contribution in [0.3, 0.4) is 0 Å². The largest absolute Gasteiger partial charge is 0.496 e. The number of benzene rings is 2. The van der Waals surface area contributed by atoms with Crippen molar-refractivity contribution in [2.45, 2.75) is 30.7 Å². The molecule has 4 heteroatoms. The molecule has 1 aliphatic rings. The second kappa shape index (κ2) is 6.96. The molecule has 130 valence electrons. The Labute approximate surface area is 153 Å². The fourth-order valence-electron chi connectivity index (χ4n) is 3.21. The summed E-state index contributed by atoms with van der Waals surface area (Å²) in [6, 6.07) is 13.9. The van der Waals surface area contributed by atoms with Crippen molar-refractivity contribution in [1.29, 1.82) is 0 Å². The predicted molar refractivity (Wildman–Crippen MR) is 104 cm³/mol. The van der Waals surface area contributed by atoms with Gasteiger partial charge >= 0.3 is 0 Å². The molecule has 25 heavy (non-hydrogen) atoms. The van der Waals surface area contributed by atoms with E-state index in [0.717, 1.165) is 22.6 Å². The van der Waals surface area contributed by atoms with Crippen molar-refractivity contribution in [2.75, 3.05) is 13.4 Å². The minimum absolute atomic E-state index is 0.0560. The lowest BCUT2D eigenvalue weighted by atomic mass is 9.85. The van der Waals surface area contributed by atoms with E-state index >= 15 is 0 Å². The Morgan fingerprint density at radius 1 is 1.24 bits per heavy atom. The Kier molecular flexibility index (Phi) is 4.91. The van der Waals surface area contributed by atoms with Gasteiger partial charge in [-0.1, -0.05) is 24.3 Å². The Morgan fingerprint density at radius 2 is 2.00 bits per heavy atom. The van der Waals surface area contributed by atoms with Gasteiger partial charge in [-0.3, -0.25) is 4.79 Å². The number of methoxy groups -OCH3 is 1. The van der Waals surface area contributed by atoms with E-state index in [1.165, 1.54) is 5.56 Å². The Morgan fingerprint density at radius 3 is 2.72 bits per heavy atom. The number of carbonyl (C=O) groups is 1. The average molecular weight is 353 g/mol. The summed E-state index contributed by atoms with van der Waals surface area (Å²) in [5.41, 5.74) is 3.71. The fourth-order valence-corrected chi connectivity index (χ4v) is 3.64. The molecule has 2 aromatic rings. The van der Waals surface area contributed by atoms with E-state index in [4.69, 9.17) is 4.74 Å². The van der Waals surface area contributed by atoms with Crippen LogP contribution in [0.25, 0.3) is 5.70 Å².